The van der Waals surface area contributed by atoms with Gasteiger partial charge in [0.1, 0.15) is 59.1 Å². The highest BCUT2D eigenvalue weighted by Crippen LogP contribution is 2.40. The average molecular weight is 611 g/mol. The first-order valence-corrected chi connectivity index (χ1v) is 13.0. The SMILES string of the molecule is C[C@@H]1O[C@@H](Oc2c(-c3ccc(O)c(O)c3)oc3cc(O)cc(O)c3c2=O)[C@@H](O[C@@H]2O[C@H](CO)[C@@H](O)[C@H](O)[C@H]2O)[C@H](O)[C@H]1O. The molecular weight excluding hydrogens is 580 g/mol. The quantitative estimate of drug-likeness (QED) is 0.140. The van der Waals surface area contributed by atoms with Gasteiger partial charge in [0.05, 0.1) is 12.7 Å². The molecule has 0 saturated carbocycles. The van der Waals surface area contributed by atoms with Crippen molar-refractivity contribution in [1.82, 2.24) is 0 Å². The van der Waals surface area contributed by atoms with Crippen LogP contribution in [-0.4, -0.2) is 119 Å². The van der Waals surface area contributed by atoms with Crippen molar-refractivity contribution in [1.29, 1.82) is 0 Å². The van der Waals surface area contributed by atoms with Gasteiger partial charge in [-0.1, -0.05) is 0 Å². The Morgan fingerprint density at radius 1 is 0.791 bits per heavy atom. The molecule has 43 heavy (non-hydrogen) atoms. The lowest BCUT2D eigenvalue weighted by atomic mass is 9.97. The van der Waals surface area contributed by atoms with Crippen LogP contribution in [0, 0.1) is 0 Å². The zero-order valence-corrected chi connectivity index (χ0v) is 22.3. The molecule has 16 nitrogen and oxygen atoms in total. The van der Waals surface area contributed by atoms with Crippen molar-refractivity contribution in [3.05, 3.63) is 40.6 Å². The molecule has 2 aliphatic heterocycles. The average Bonchev–Trinajstić information content (AvgIpc) is 2.96. The molecule has 0 amide bonds. The van der Waals surface area contributed by atoms with Gasteiger partial charge in [0.2, 0.25) is 17.5 Å². The van der Waals surface area contributed by atoms with E-state index in [1.54, 1.807) is 0 Å². The molecule has 0 aliphatic carbocycles. The standard InChI is InChI=1S/C27H30O16/c1-8-17(33)21(37)25(43-26-22(38)20(36)18(34)15(7-28)41-26)27(39-8)42-24-19(35)16-13(32)5-10(29)6-14(16)40-23(24)9-2-3-11(30)12(31)4-9/h2-6,8,15,17-18,20-22,25-34,36-38H,7H2,1H3/t8-,15+,17-,18+,20-,21+,22+,25-,26-,27-/m0/s1. The van der Waals surface area contributed by atoms with Crippen molar-refractivity contribution < 1.29 is 74.4 Å². The van der Waals surface area contributed by atoms with E-state index in [-0.39, 0.29) is 16.9 Å². The number of hydrogen-bond donors (Lipinski definition) is 10. The number of fused-ring (bicyclic) bond motifs is 1. The van der Waals surface area contributed by atoms with E-state index in [1.807, 2.05) is 0 Å². The first kappa shape index (κ1) is 30.7. The topological polar surface area (TPSA) is 269 Å². The smallest absolute Gasteiger partial charge is 0.239 e. The number of hydrogen-bond acceptors (Lipinski definition) is 16. The zero-order chi connectivity index (χ0) is 31.3. The predicted octanol–water partition coefficient (Wildman–Crippen LogP) is -1.69. The Kier molecular flexibility index (Phi) is 8.41. The molecule has 3 heterocycles. The maximum absolute atomic E-state index is 13.7. The summed E-state index contributed by atoms with van der Waals surface area (Å²) in [5.74, 6) is -3.29. The second kappa shape index (κ2) is 11.8. The van der Waals surface area contributed by atoms with Gasteiger partial charge >= 0.3 is 0 Å². The van der Waals surface area contributed by atoms with Gasteiger partial charge in [-0.05, 0) is 25.1 Å². The Hall–Kier alpha value is -3.71. The monoisotopic (exact) mass is 610 g/mol. The third kappa shape index (κ3) is 5.55. The Morgan fingerprint density at radius 2 is 1.51 bits per heavy atom. The first-order valence-electron chi connectivity index (χ1n) is 13.0. The Labute approximate surface area is 241 Å². The molecule has 234 valence electrons. The first-order chi connectivity index (χ1) is 20.3. The number of aliphatic hydroxyl groups is 6. The molecule has 10 N–H and O–H groups in total. The third-order valence-corrected chi connectivity index (χ3v) is 7.31. The lowest BCUT2D eigenvalue weighted by Gasteiger charge is -2.45. The van der Waals surface area contributed by atoms with Crippen LogP contribution < -0.4 is 10.2 Å². The van der Waals surface area contributed by atoms with E-state index in [2.05, 4.69) is 0 Å². The Balaban J connectivity index is 1.60. The van der Waals surface area contributed by atoms with Crippen LogP contribution in [0.25, 0.3) is 22.3 Å². The van der Waals surface area contributed by atoms with Gasteiger partial charge in [0, 0.05) is 17.7 Å². The molecule has 0 unspecified atom stereocenters. The van der Waals surface area contributed by atoms with Crippen molar-refractivity contribution in [3.8, 4) is 40.1 Å². The van der Waals surface area contributed by atoms with Crippen LogP contribution in [0.3, 0.4) is 0 Å². The van der Waals surface area contributed by atoms with Crippen molar-refractivity contribution in [2.24, 2.45) is 0 Å². The van der Waals surface area contributed by atoms with Crippen LogP contribution in [0.15, 0.2) is 39.5 Å². The molecule has 2 fully saturated rings. The van der Waals surface area contributed by atoms with Gasteiger partial charge in [0.25, 0.3) is 0 Å². The molecule has 3 aromatic rings. The van der Waals surface area contributed by atoms with Gasteiger partial charge in [-0.25, -0.2) is 0 Å². The van der Waals surface area contributed by atoms with Crippen LogP contribution in [0.5, 0.6) is 28.7 Å². The summed E-state index contributed by atoms with van der Waals surface area (Å²) < 4.78 is 28.3. The molecule has 1 aromatic heterocycles. The fraction of sp³-hybridized carbons (Fsp3) is 0.444. The van der Waals surface area contributed by atoms with E-state index in [1.165, 1.54) is 13.0 Å². The number of phenols is 4. The minimum absolute atomic E-state index is 0.0250. The molecular formula is C27H30O16. The maximum atomic E-state index is 13.7. The lowest BCUT2D eigenvalue weighted by Crippen LogP contribution is -2.64. The third-order valence-electron chi connectivity index (χ3n) is 7.31. The van der Waals surface area contributed by atoms with Gasteiger partial charge in [-0.3, -0.25) is 4.79 Å². The second-order valence-corrected chi connectivity index (χ2v) is 10.2. The fourth-order valence-electron chi connectivity index (χ4n) is 4.92. The summed E-state index contributed by atoms with van der Waals surface area (Å²) in [6.07, 6.45) is -16.8. The van der Waals surface area contributed by atoms with Crippen molar-refractivity contribution in [2.75, 3.05) is 6.61 Å². The molecule has 0 radical (unpaired) electrons. The van der Waals surface area contributed by atoms with Crippen molar-refractivity contribution in [3.63, 3.8) is 0 Å². The fourth-order valence-corrected chi connectivity index (χ4v) is 4.92. The largest absolute Gasteiger partial charge is 0.508 e. The summed E-state index contributed by atoms with van der Waals surface area (Å²) in [7, 11) is 0. The molecule has 10 atom stereocenters. The van der Waals surface area contributed by atoms with Gasteiger partial charge in [-0.2, -0.15) is 0 Å². The molecule has 2 aliphatic rings. The minimum atomic E-state index is -1.91. The number of aromatic hydroxyl groups is 4. The van der Waals surface area contributed by atoms with E-state index < -0.39 is 108 Å². The van der Waals surface area contributed by atoms with Crippen LogP contribution in [0.1, 0.15) is 6.92 Å². The highest BCUT2D eigenvalue weighted by molar-refractivity contribution is 5.88. The van der Waals surface area contributed by atoms with Crippen LogP contribution in [-0.2, 0) is 14.2 Å². The molecule has 5 rings (SSSR count). The summed E-state index contributed by atoms with van der Waals surface area (Å²) in [6.45, 7) is 0.582. The van der Waals surface area contributed by atoms with Gasteiger partial charge < -0.3 is 74.4 Å². The molecule has 2 saturated heterocycles. The number of ether oxygens (including phenoxy) is 4. The van der Waals surface area contributed by atoms with Gasteiger partial charge in [-0.15, -0.1) is 0 Å². The Morgan fingerprint density at radius 3 is 2.19 bits per heavy atom. The Bertz CT molecular complexity index is 1540. The summed E-state index contributed by atoms with van der Waals surface area (Å²) in [6, 6.07) is 5.27. The van der Waals surface area contributed by atoms with E-state index in [4.69, 9.17) is 23.4 Å². The highest BCUT2D eigenvalue weighted by Gasteiger charge is 2.51. The lowest BCUT2D eigenvalue weighted by molar-refractivity contribution is -0.355. The van der Waals surface area contributed by atoms with Crippen LogP contribution in [0.2, 0.25) is 0 Å². The number of aliphatic hydroxyl groups excluding tert-OH is 6. The summed E-state index contributed by atoms with van der Waals surface area (Å²) in [4.78, 5) is 13.7. The summed E-state index contributed by atoms with van der Waals surface area (Å²) in [5.41, 5.74) is -1.33. The molecule has 0 bridgehead atoms. The predicted molar refractivity (Wildman–Crippen MR) is 140 cm³/mol. The molecule has 0 spiro atoms. The normalized spacial score (nSPS) is 33.0. The molecule has 16 heteroatoms. The van der Waals surface area contributed by atoms with E-state index in [0.29, 0.717) is 0 Å². The van der Waals surface area contributed by atoms with Crippen molar-refractivity contribution >= 4 is 11.0 Å². The molecule has 2 aromatic carbocycles. The minimum Gasteiger partial charge on any atom is -0.508 e. The summed E-state index contributed by atoms with van der Waals surface area (Å²) in [5, 5.41) is 101. The summed E-state index contributed by atoms with van der Waals surface area (Å²) >= 11 is 0. The van der Waals surface area contributed by atoms with Crippen LogP contribution >= 0.6 is 0 Å². The second-order valence-electron chi connectivity index (χ2n) is 10.2. The van der Waals surface area contributed by atoms with Crippen molar-refractivity contribution in [2.45, 2.75) is 68.3 Å². The maximum Gasteiger partial charge on any atom is 0.239 e. The van der Waals surface area contributed by atoms with E-state index >= 15 is 0 Å². The highest BCUT2D eigenvalue weighted by atomic mass is 16.8. The van der Waals surface area contributed by atoms with Gasteiger partial charge in [0.15, 0.2) is 29.7 Å². The number of benzene rings is 2. The zero-order valence-electron chi connectivity index (χ0n) is 22.3. The van der Waals surface area contributed by atoms with Crippen LogP contribution in [0.4, 0.5) is 0 Å². The number of phenolic OH excluding ortho intramolecular Hbond substituents is 4. The number of rotatable bonds is 6. The van der Waals surface area contributed by atoms with E-state index in [0.717, 1.165) is 24.3 Å². The van der Waals surface area contributed by atoms with E-state index in [9.17, 15) is 55.9 Å².